The van der Waals surface area contributed by atoms with Gasteiger partial charge in [0.1, 0.15) is 0 Å². The van der Waals surface area contributed by atoms with E-state index in [1.165, 1.54) is 18.3 Å². The number of thiazole rings is 1. The lowest BCUT2D eigenvalue weighted by Gasteiger charge is -1.95. The predicted octanol–water partition coefficient (Wildman–Crippen LogP) is 1.75. The Balaban J connectivity index is 2.89. The first-order valence-electron chi connectivity index (χ1n) is 4.54. The van der Waals surface area contributed by atoms with Gasteiger partial charge in [-0.25, -0.2) is 4.98 Å². The van der Waals surface area contributed by atoms with Gasteiger partial charge in [-0.1, -0.05) is 15.9 Å². The quantitative estimate of drug-likeness (QED) is 0.662. The van der Waals surface area contributed by atoms with Crippen molar-refractivity contribution in [2.45, 2.75) is 24.1 Å². The number of carbonyl (C=O) groups excluding carboxylic acids is 2. The van der Waals surface area contributed by atoms with Crippen LogP contribution in [0.2, 0.25) is 0 Å². The van der Waals surface area contributed by atoms with Crippen molar-refractivity contribution in [1.82, 2.24) is 4.98 Å². The van der Waals surface area contributed by atoms with Crippen molar-refractivity contribution in [3.05, 3.63) is 10.6 Å². The zero-order chi connectivity index (χ0) is 12.1. The number of thioether (sulfide) groups is 1. The number of nitrogens with zero attached hydrogens (tertiary/aromatic N) is 1. The SMILES string of the molecule is CC(=O)Sc1nc(CCBr)c(CC(N)=O)s1. The molecule has 0 aliphatic heterocycles. The average molecular weight is 323 g/mol. The molecule has 0 bridgehead atoms. The fourth-order valence-corrected chi connectivity index (χ4v) is 3.55. The highest BCUT2D eigenvalue weighted by molar-refractivity contribution is 9.09. The maximum Gasteiger partial charge on any atom is 0.222 e. The third-order valence-electron chi connectivity index (χ3n) is 1.66. The van der Waals surface area contributed by atoms with Gasteiger partial charge in [-0.05, 0) is 11.8 Å². The summed E-state index contributed by atoms with van der Waals surface area (Å²) in [6, 6.07) is 0. The van der Waals surface area contributed by atoms with Crippen LogP contribution in [0.5, 0.6) is 0 Å². The minimum absolute atomic E-state index is 0.00947. The van der Waals surface area contributed by atoms with E-state index < -0.39 is 0 Å². The topological polar surface area (TPSA) is 73.1 Å². The standard InChI is InChI=1S/C9H11BrN2O2S2/c1-5(13)15-9-12-6(2-3-10)7(16-9)4-8(11)14/h2-4H2,1H3,(H2,11,14). The van der Waals surface area contributed by atoms with E-state index >= 15 is 0 Å². The predicted molar refractivity (Wildman–Crippen MR) is 69.0 cm³/mol. The number of primary amides is 1. The molecule has 0 aromatic carbocycles. The smallest absolute Gasteiger partial charge is 0.222 e. The van der Waals surface area contributed by atoms with Crippen molar-refractivity contribution in [3.8, 4) is 0 Å². The van der Waals surface area contributed by atoms with Gasteiger partial charge in [0, 0.05) is 23.6 Å². The van der Waals surface area contributed by atoms with Crippen molar-refractivity contribution < 1.29 is 9.59 Å². The number of aromatic nitrogens is 1. The molecular formula is C9H11BrN2O2S2. The minimum atomic E-state index is -0.376. The Morgan fingerprint density at radius 3 is 2.75 bits per heavy atom. The van der Waals surface area contributed by atoms with Crippen LogP contribution in [0.15, 0.2) is 4.34 Å². The lowest BCUT2D eigenvalue weighted by atomic mass is 10.2. The number of carbonyl (C=O) groups is 2. The second kappa shape index (κ2) is 6.36. The van der Waals surface area contributed by atoms with E-state index in [-0.39, 0.29) is 17.4 Å². The van der Waals surface area contributed by atoms with E-state index in [1.54, 1.807) is 0 Å². The Kier molecular flexibility index (Phi) is 5.43. The number of halogens is 1. The van der Waals surface area contributed by atoms with E-state index in [0.717, 1.165) is 34.1 Å². The van der Waals surface area contributed by atoms with Crippen LogP contribution in [-0.4, -0.2) is 21.3 Å². The molecule has 0 spiro atoms. The molecule has 0 radical (unpaired) electrons. The zero-order valence-corrected chi connectivity index (χ0v) is 11.9. The average Bonchev–Trinajstić information content (AvgIpc) is 2.46. The van der Waals surface area contributed by atoms with Crippen LogP contribution in [0.1, 0.15) is 17.5 Å². The number of amides is 1. The highest BCUT2D eigenvalue weighted by atomic mass is 79.9. The molecule has 4 nitrogen and oxygen atoms in total. The monoisotopic (exact) mass is 322 g/mol. The first kappa shape index (κ1) is 13.7. The normalized spacial score (nSPS) is 10.4. The molecule has 0 saturated heterocycles. The van der Waals surface area contributed by atoms with Crippen molar-refractivity contribution >= 4 is 50.1 Å². The van der Waals surface area contributed by atoms with Gasteiger partial charge in [-0.2, -0.15) is 0 Å². The number of alkyl halides is 1. The van der Waals surface area contributed by atoms with E-state index in [4.69, 9.17) is 5.73 Å². The molecule has 7 heteroatoms. The number of hydrogen-bond acceptors (Lipinski definition) is 5. The Bertz CT molecular complexity index is 406. The summed E-state index contributed by atoms with van der Waals surface area (Å²) in [7, 11) is 0. The van der Waals surface area contributed by atoms with Crippen molar-refractivity contribution in [1.29, 1.82) is 0 Å². The summed E-state index contributed by atoms with van der Waals surface area (Å²) < 4.78 is 0.680. The Morgan fingerprint density at radius 1 is 1.56 bits per heavy atom. The van der Waals surface area contributed by atoms with E-state index in [0.29, 0.717) is 4.34 Å². The molecule has 1 amide bonds. The molecule has 1 aromatic rings. The van der Waals surface area contributed by atoms with Crippen LogP contribution in [0.3, 0.4) is 0 Å². The van der Waals surface area contributed by atoms with Crippen LogP contribution in [0.25, 0.3) is 0 Å². The van der Waals surface area contributed by atoms with E-state index in [9.17, 15) is 9.59 Å². The molecule has 88 valence electrons. The molecule has 0 atom stereocenters. The summed E-state index contributed by atoms with van der Waals surface area (Å²) in [4.78, 5) is 27.0. The van der Waals surface area contributed by atoms with Gasteiger partial charge in [0.25, 0.3) is 0 Å². The van der Waals surface area contributed by atoms with E-state index in [2.05, 4.69) is 20.9 Å². The molecular weight excluding hydrogens is 312 g/mol. The van der Waals surface area contributed by atoms with Crippen LogP contribution < -0.4 is 5.73 Å². The maximum atomic E-state index is 10.9. The first-order valence-corrected chi connectivity index (χ1v) is 7.29. The summed E-state index contributed by atoms with van der Waals surface area (Å²) in [6.07, 6.45) is 0.927. The molecule has 0 fully saturated rings. The zero-order valence-electron chi connectivity index (χ0n) is 8.66. The second-order valence-electron chi connectivity index (χ2n) is 3.03. The van der Waals surface area contributed by atoms with Gasteiger partial charge >= 0.3 is 0 Å². The molecule has 0 saturated carbocycles. The fourth-order valence-electron chi connectivity index (χ4n) is 1.11. The van der Waals surface area contributed by atoms with Crippen molar-refractivity contribution in [2.75, 3.05) is 5.33 Å². The van der Waals surface area contributed by atoms with Gasteiger partial charge in [-0.15, -0.1) is 11.3 Å². The highest BCUT2D eigenvalue weighted by Gasteiger charge is 2.14. The number of aryl methyl sites for hydroxylation is 1. The van der Waals surface area contributed by atoms with Gasteiger partial charge < -0.3 is 5.73 Å². The lowest BCUT2D eigenvalue weighted by molar-refractivity contribution is -0.117. The molecule has 0 aliphatic rings. The molecule has 1 aromatic heterocycles. The largest absolute Gasteiger partial charge is 0.369 e. The van der Waals surface area contributed by atoms with Gasteiger partial charge in [0.05, 0.1) is 12.1 Å². The summed E-state index contributed by atoms with van der Waals surface area (Å²) in [5.74, 6) is -0.376. The fraction of sp³-hybridized carbons (Fsp3) is 0.444. The van der Waals surface area contributed by atoms with Gasteiger partial charge in [0.15, 0.2) is 9.45 Å². The molecule has 2 N–H and O–H groups in total. The Labute approximate surface area is 110 Å². The van der Waals surface area contributed by atoms with Gasteiger partial charge in [0.2, 0.25) is 5.91 Å². The number of rotatable bonds is 5. The minimum Gasteiger partial charge on any atom is -0.369 e. The van der Waals surface area contributed by atoms with Crippen LogP contribution in [0.4, 0.5) is 0 Å². The molecule has 16 heavy (non-hydrogen) atoms. The molecule has 0 aliphatic carbocycles. The Hall–Kier alpha value is -0.400. The molecule has 1 rings (SSSR count). The highest BCUT2D eigenvalue weighted by Crippen LogP contribution is 2.28. The summed E-state index contributed by atoms with van der Waals surface area (Å²) in [5.41, 5.74) is 6.01. The summed E-state index contributed by atoms with van der Waals surface area (Å²) >= 11 is 5.77. The third-order valence-corrected chi connectivity index (χ3v) is 4.00. The van der Waals surface area contributed by atoms with Gasteiger partial charge in [-0.3, -0.25) is 9.59 Å². The Morgan fingerprint density at radius 2 is 2.25 bits per heavy atom. The maximum absolute atomic E-state index is 10.9. The van der Waals surface area contributed by atoms with Crippen LogP contribution in [-0.2, 0) is 22.4 Å². The van der Waals surface area contributed by atoms with Crippen molar-refractivity contribution in [3.63, 3.8) is 0 Å². The molecule has 0 unspecified atom stereocenters. The van der Waals surface area contributed by atoms with E-state index in [1.807, 2.05) is 0 Å². The third kappa shape index (κ3) is 4.23. The second-order valence-corrected chi connectivity index (χ2v) is 6.33. The summed E-state index contributed by atoms with van der Waals surface area (Å²) in [5, 5.41) is 0.761. The molecule has 1 heterocycles. The number of nitrogens with two attached hydrogens (primary N) is 1. The summed E-state index contributed by atoms with van der Waals surface area (Å²) in [6.45, 7) is 1.49. The van der Waals surface area contributed by atoms with Crippen LogP contribution in [0, 0.1) is 0 Å². The first-order chi connectivity index (χ1) is 7.52. The van der Waals surface area contributed by atoms with Crippen LogP contribution >= 0.6 is 39.0 Å². The van der Waals surface area contributed by atoms with Crippen molar-refractivity contribution in [2.24, 2.45) is 5.73 Å². The lowest BCUT2D eigenvalue weighted by Crippen LogP contribution is -2.13. The number of hydrogen-bond donors (Lipinski definition) is 1.